The molecule has 8 nitrogen and oxygen atoms in total. The molecular weight excluding hydrogens is 540 g/mol. The van der Waals surface area contributed by atoms with Gasteiger partial charge in [0.15, 0.2) is 5.69 Å². The molecule has 3 heterocycles. The number of pyridine rings is 1. The molecule has 2 aromatic rings. The Morgan fingerprint density at radius 1 is 1.07 bits per heavy atom. The van der Waals surface area contributed by atoms with Crippen LogP contribution in [0.1, 0.15) is 114 Å². The van der Waals surface area contributed by atoms with Crippen molar-refractivity contribution in [2.75, 3.05) is 31.1 Å². The van der Waals surface area contributed by atoms with E-state index < -0.39 is 11.9 Å². The number of unbranched alkanes of at least 4 members (excludes halogenated alkanes) is 7. The molecule has 1 saturated heterocycles. The molecule has 234 valence electrons. The minimum absolute atomic E-state index is 0.132. The third kappa shape index (κ3) is 12.2. The highest BCUT2D eigenvalue weighted by atomic mass is 19.3. The summed E-state index contributed by atoms with van der Waals surface area (Å²) < 4.78 is 31.4. The van der Waals surface area contributed by atoms with E-state index in [1.54, 1.807) is 0 Å². The molecule has 0 spiro atoms. The molecule has 1 unspecified atom stereocenters. The van der Waals surface area contributed by atoms with Crippen LogP contribution < -0.4 is 15.0 Å². The number of hydrogen-bond donors (Lipinski definition) is 2. The van der Waals surface area contributed by atoms with Crippen molar-refractivity contribution in [1.82, 2.24) is 20.3 Å². The molecule has 2 aromatic heterocycles. The lowest BCUT2D eigenvalue weighted by Crippen LogP contribution is -2.56. The van der Waals surface area contributed by atoms with Crippen molar-refractivity contribution in [3.05, 3.63) is 42.1 Å². The van der Waals surface area contributed by atoms with Crippen LogP contribution in [0.3, 0.4) is 0 Å². The molecule has 1 aliphatic heterocycles. The number of ether oxygens (including phenoxy) is 1. The van der Waals surface area contributed by atoms with E-state index in [0.717, 1.165) is 31.6 Å². The molecule has 1 aliphatic carbocycles. The zero-order chi connectivity index (χ0) is 30.4. The summed E-state index contributed by atoms with van der Waals surface area (Å²) in [4.78, 5) is 25.1. The summed E-state index contributed by atoms with van der Waals surface area (Å²) >= 11 is 0. The Bertz CT molecular complexity index is 1060. The summed E-state index contributed by atoms with van der Waals surface area (Å²) in [7, 11) is 0. The number of anilines is 1. The van der Waals surface area contributed by atoms with E-state index in [0.29, 0.717) is 30.2 Å². The first kappa shape index (κ1) is 33.6. The standard InChI is InChI=1S/C19H35N3.C13H14F2N2O3/c1-4-5-6-7-8-9-10-11-13-20-18(16-17(2)3)19-21-14-12-15-22-19;14-13(15)6-17(7-13)10-4-3-9(12(18)19)16-11(10)20-5-8-1-2-8/h12,14-15,17-18,20H,4-11,13,16H2,1-3H3;3-4,8H,1-2,5-7H2,(H,18,19). The number of hydrogen-bond acceptors (Lipinski definition) is 7. The van der Waals surface area contributed by atoms with Crippen LogP contribution in [0.2, 0.25) is 0 Å². The largest absolute Gasteiger partial charge is 0.477 e. The first-order valence-corrected chi connectivity index (χ1v) is 15.7. The lowest BCUT2D eigenvalue weighted by atomic mass is 10.0. The molecular formula is C32H49F2N5O3. The van der Waals surface area contributed by atoms with Gasteiger partial charge in [-0.25, -0.2) is 28.5 Å². The number of alkyl halides is 2. The van der Waals surface area contributed by atoms with Crippen LogP contribution in [0, 0.1) is 11.8 Å². The summed E-state index contributed by atoms with van der Waals surface area (Å²) in [5, 5.41) is 12.6. The highest BCUT2D eigenvalue weighted by Gasteiger charge is 2.45. The Hall–Kier alpha value is -2.88. The van der Waals surface area contributed by atoms with Crippen molar-refractivity contribution >= 4 is 11.7 Å². The van der Waals surface area contributed by atoms with Gasteiger partial charge in [0.1, 0.15) is 11.5 Å². The topological polar surface area (TPSA) is 100 Å². The maximum atomic E-state index is 12.9. The fourth-order valence-corrected chi connectivity index (χ4v) is 4.84. The molecule has 42 heavy (non-hydrogen) atoms. The second-order valence-electron chi connectivity index (χ2n) is 12.0. The van der Waals surface area contributed by atoms with E-state index in [9.17, 15) is 13.6 Å². The van der Waals surface area contributed by atoms with Gasteiger partial charge in [-0.05, 0) is 62.3 Å². The molecule has 0 radical (unpaired) electrons. The summed E-state index contributed by atoms with van der Waals surface area (Å²) in [6.07, 6.45) is 17.9. The maximum absolute atomic E-state index is 12.9. The van der Waals surface area contributed by atoms with E-state index in [-0.39, 0.29) is 24.7 Å². The minimum Gasteiger partial charge on any atom is -0.477 e. The van der Waals surface area contributed by atoms with Gasteiger partial charge in [-0.15, -0.1) is 0 Å². The molecule has 0 amide bonds. The zero-order valence-electron chi connectivity index (χ0n) is 25.5. The fourth-order valence-electron chi connectivity index (χ4n) is 4.84. The highest BCUT2D eigenvalue weighted by Crippen LogP contribution is 2.37. The van der Waals surface area contributed by atoms with Gasteiger partial charge in [-0.2, -0.15) is 0 Å². The number of halogens is 2. The van der Waals surface area contributed by atoms with E-state index in [4.69, 9.17) is 9.84 Å². The van der Waals surface area contributed by atoms with Gasteiger partial charge in [-0.3, -0.25) is 0 Å². The van der Waals surface area contributed by atoms with Crippen molar-refractivity contribution in [2.45, 2.75) is 103 Å². The summed E-state index contributed by atoms with van der Waals surface area (Å²) in [5.41, 5.74) is 0.286. The Balaban J connectivity index is 0.000000231. The molecule has 0 bridgehead atoms. The quantitative estimate of drug-likeness (QED) is 0.175. The minimum atomic E-state index is -2.70. The number of aromatic nitrogens is 3. The fraction of sp³-hybridized carbons (Fsp3) is 0.688. The van der Waals surface area contributed by atoms with E-state index >= 15 is 0 Å². The van der Waals surface area contributed by atoms with Gasteiger partial charge in [0.05, 0.1) is 25.7 Å². The van der Waals surface area contributed by atoms with Gasteiger partial charge in [0.25, 0.3) is 5.92 Å². The Kier molecular flexibility index (Phi) is 13.8. The third-order valence-corrected chi connectivity index (χ3v) is 7.42. The number of rotatable bonds is 18. The normalized spacial score (nSPS) is 16.4. The van der Waals surface area contributed by atoms with Crippen molar-refractivity contribution in [3.8, 4) is 5.88 Å². The summed E-state index contributed by atoms with van der Waals surface area (Å²) in [5.74, 6) is -1.67. The molecule has 1 atom stereocenters. The van der Waals surface area contributed by atoms with Crippen molar-refractivity contribution in [1.29, 1.82) is 0 Å². The number of carboxylic acid groups (broad SMARTS) is 1. The smallest absolute Gasteiger partial charge is 0.354 e. The molecule has 0 aromatic carbocycles. The molecule has 2 fully saturated rings. The Morgan fingerprint density at radius 2 is 1.71 bits per heavy atom. The van der Waals surface area contributed by atoms with E-state index in [1.165, 1.54) is 68.4 Å². The van der Waals surface area contributed by atoms with Crippen molar-refractivity contribution in [2.24, 2.45) is 11.8 Å². The molecule has 1 saturated carbocycles. The predicted octanol–water partition coefficient (Wildman–Crippen LogP) is 7.32. The zero-order valence-corrected chi connectivity index (χ0v) is 25.5. The van der Waals surface area contributed by atoms with Crippen LogP contribution in [0.5, 0.6) is 5.88 Å². The predicted molar refractivity (Wildman–Crippen MR) is 161 cm³/mol. The second kappa shape index (κ2) is 17.3. The Morgan fingerprint density at radius 3 is 2.29 bits per heavy atom. The van der Waals surface area contributed by atoms with Gasteiger partial charge < -0.3 is 20.1 Å². The van der Waals surface area contributed by atoms with Crippen LogP contribution in [0.15, 0.2) is 30.6 Å². The van der Waals surface area contributed by atoms with Crippen molar-refractivity contribution < 1.29 is 23.4 Å². The molecule has 2 N–H and O–H groups in total. The summed E-state index contributed by atoms with van der Waals surface area (Å²) in [6.45, 7) is 7.54. The maximum Gasteiger partial charge on any atom is 0.354 e. The molecule has 2 aliphatic rings. The average molecular weight is 590 g/mol. The van der Waals surface area contributed by atoms with Gasteiger partial charge in [-0.1, -0.05) is 65.7 Å². The van der Waals surface area contributed by atoms with Gasteiger partial charge in [0, 0.05) is 12.4 Å². The third-order valence-electron chi connectivity index (χ3n) is 7.42. The van der Waals surface area contributed by atoms with Crippen LogP contribution in [0.25, 0.3) is 0 Å². The number of aromatic carboxylic acids is 1. The number of carbonyl (C=O) groups is 1. The van der Waals surface area contributed by atoms with E-state index in [2.05, 4.69) is 41.0 Å². The van der Waals surface area contributed by atoms with Gasteiger partial charge >= 0.3 is 5.97 Å². The highest BCUT2D eigenvalue weighted by molar-refractivity contribution is 5.86. The first-order chi connectivity index (χ1) is 20.2. The van der Waals surface area contributed by atoms with Crippen LogP contribution in [-0.2, 0) is 0 Å². The first-order valence-electron chi connectivity index (χ1n) is 15.7. The van der Waals surface area contributed by atoms with Crippen LogP contribution in [-0.4, -0.2) is 58.2 Å². The number of nitrogens with zero attached hydrogens (tertiary/aromatic N) is 4. The van der Waals surface area contributed by atoms with Crippen LogP contribution in [0.4, 0.5) is 14.5 Å². The average Bonchev–Trinajstić information content (AvgIpc) is 3.78. The monoisotopic (exact) mass is 589 g/mol. The lowest BCUT2D eigenvalue weighted by Gasteiger charge is -2.40. The number of carboxylic acids is 1. The van der Waals surface area contributed by atoms with Gasteiger partial charge in [0.2, 0.25) is 5.88 Å². The Labute approximate surface area is 249 Å². The van der Waals surface area contributed by atoms with Crippen LogP contribution >= 0.6 is 0 Å². The SMILES string of the molecule is CCCCCCCCCCNC(CC(C)C)c1ncccn1.O=C(O)c1ccc(N2CC(F)(F)C2)c(OCC2CC2)n1. The summed E-state index contributed by atoms with van der Waals surface area (Å²) in [6, 6.07) is 4.96. The second-order valence-corrected chi connectivity index (χ2v) is 12.0. The van der Waals surface area contributed by atoms with E-state index in [1.807, 2.05) is 18.5 Å². The van der Waals surface area contributed by atoms with Crippen molar-refractivity contribution in [3.63, 3.8) is 0 Å². The molecule has 10 heteroatoms. The lowest BCUT2D eigenvalue weighted by molar-refractivity contribution is -0.0265. The molecule has 4 rings (SSSR count). The number of nitrogens with one attached hydrogen (secondary N) is 1.